The number of nitrogens with zero attached hydrogens (tertiary/aromatic N) is 1. The molecule has 1 atom stereocenters. The van der Waals surface area contributed by atoms with Crippen molar-refractivity contribution in [2.45, 2.75) is 56.0 Å². The van der Waals surface area contributed by atoms with E-state index in [2.05, 4.69) is 21.2 Å². The van der Waals surface area contributed by atoms with Gasteiger partial charge in [-0.05, 0) is 34.3 Å². The number of carbonyl (C=O) groups is 1. The van der Waals surface area contributed by atoms with Crippen molar-refractivity contribution in [3.63, 3.8) is 0 Å². The fourth-order valence-corrected chi connectivity index (χ4v) is 4.85. The van der Waals surface area contributed by atoms with Gasteiger partial charge in [0.15, 0.2) is 0 Å². The largest absolute Gasteiger partial charge is 0.352 e. The normalized spacial score (nSPS) is 18.2. The van der Waals surface area contributed by atoms with Crippen molar-refractivity contribution in [3.8, 4) is 0 Å². The summed E-state index contributed by atoms with van der Waals surface area (Å²) in [5.41, 5.74) is 0. The maximum Gasteiger partial charge on any atom is 0.252 e. The van der Waals surface area contributed by atoms with Gasteiger partial charge in [0.05, 0.1) is 4.47 Å². The van der Waals surface area contributed by atoms with Crippen LogP contribution in [0.1, 0.15) is 33.1 Å². The van der Waals surface area contributed by atoms with Gasteiger partial charge < -0.3 is 5.32 Å². The third-order valence-corrected chi connectivity index (χ3v) is 6.99. The standard InChI is InChI=1S/C17H21BrF4N2O3S/c1-9(2)4-14(16(25)23-10-7-17(21,22)8-10)24(3)28(26,27)15-5-11(18)12(19)6-13(15)20/h5-6,9-10,14H,4,7-8H2,1-3H3,(H,23,25)/t14-/m1/s1. The van der Waals surface area contributed by atoms with Crippen molar-refractivity contribution >= 4 is 31.9 Å². The number of rotatable bonds is 7. The van der Waals surface area contributed by atoms with E-state index < -0.39 is 63.3 Å². The molecule has 158 valence electrons. The van der Waals surface area contributed by atoms with Gasteiger partial charge in [-0.15, -0.1) is 0 Å². The van der Waals surface area contributed by atoms with E-state index in [1.54, 1.807) is 13.8 Å². The van der Waals surface area contributed by atoms with E-state index in [1.807, 2.05) is 0 Å². The first-order valence-electron chi connectivity index (χ1n) is 8.55. The van der Waals surface area contributed by atoms with E-state index in [-0.39, 0.29) is 16.8 Å². The van der Waals surface area contributed by atoms with Crippen LogP contribution in [0.15, 0.2) is 21.5 Å². The Labute approximate surface area is 169 Å². The van der Waals surface area contributed by atoms with Gasteiger partial charge in [0.1, 0.15) is 22.6 Å². The van der Waals surface area contributed by atoms with Crippen LogP contribution >= 0.6 is 15.9 Å². The highest BCUT2D eigenvalue weighted by molar-refractivity contribution is 9.10. The maximum atomic E-state index is 14.1. The Morgan fingerprint density at radius 2 is 1.86 bits per heavy atom. The fourth-order valence-electron chi connectivity index (χ4n) is 2.95. The molecule has 0 aromatic heterocycles. The molecular weight excluding hydrogens is 468 g/mol. The number of likely N-dealkylation sites (N-methyl/N-ethyl adjacent to an activating group) is 1. The Kier molecular flexibility index (Phi) is 6.82. The molecule has 0 bridgehead atoms. The summed E-state index contributed by atoms with van der Waals surface area (Å²) in [6.45, 7) is 3.51. The molecule has 5 nitrogen and oxygen atoms in total. The van der Waals surface area contributed by atoms with E-state index >= 15 is 0 Å². The van der Waals surface area contributed by atoms with Gasteiger partial charge in [0.25, 0.3) is 5.92 Å². The highest BCUT2D eigenvalue weighted by Gasteiger charge is 2.47. The predicted octanol–water partition coefficient (Wildman–Crippen LogP) is 3.68. The first-order chi connectivity index (χ1) is 12.7. The monoisotopic (exact) mass is 488 g/mol. The lowest BCUT2D eigenvalue weighted by Crippen LogP contribution is -2.56. The third-order valence-electron chi connectivity index (χ3n) is 4.50. The first kappa shape index (κ1) is 23.1. The quantitative estimate of drug-likeness (QED) is 0.470. The van der Waals surface area contributed by atoms with Gasteiger partial charge in [0, 0.05) is 32.0 Å². The van der Waals surface area contributed by atoms with Crippen LogP contribution in [0.3, 0.4) is 0 Å². The topological polar surface area (TPSA) is 66.5 Å². The number of hydrogen-bond acceptors (Lipinski definition) is 3. The van der Waals surface area contributed by atoms with Gasteiger partial charge >= 0.3 is 0 Å². The highest BCUT2D eigenvalue weighted by atomic mass is 79.9. The smallest absolute Gasteiger partial charge is 0.252 e. The number of amides is 1. The highest BCUT2D eigenvalue weighted by Crippen LogP contribution is 2.37. The molecule has 0 radical (unpaired) electrons. The summed E-state index contributed by atoms with van der Waals surface area (Å²) in [5, 5.41) is 2.43. The molecule has 0 spiro atoms. The lowest BCUT2D eigenvalue weighted by atomic mass is 9.88. The molecule has 1 saturated carbocycles. The molecule has 0 saturated heterocycles. The Morgan fingerprint density at radius 1 is 1.29 bits per heavy atom. The number of sulfonamides is 1. The minimum Gasteiger partial charge on any atom is -0.352 e. The van der Waals surface area contributed by atoms with E-state index in [9.17, 15) is 30.8 Å². The Balaban J connectivity index is 2.29. The number of nitrogens with one attached hydrogen (secondary N) is 1. The fraction of sp³-hybridized carbons (Fsp3) is 0.588. The lowest BCUT2D eigenvalue weighted by molar-refractivity contribution is -0.132. The molecule has 0 heterocycles. The number of alkyl halides is 2. The number of carbonyl (C=O) groups excluding carboxylic acids is 1. The molecule has 1 aliphatic carbocycles. The van der Waals surface area contributed by atoms with Crippen LogP contribution in [-0.2, 0) is 14.8 Å². The molecule has 28 heavy (non-hydrogen) atoms. The second-order valence-corrected chi connectivity index (χ2v) is 10.2. The van der Waals surface area contributed by atoms with Gasteiger partial charge in [-0.2, -0.15) is 4.31 Å². The minimum atomic E-state index is -4.49. The third kappa shape index (κ3) is 5.04. The maximum absolute atomic E-state index is 14.1. The molecule has 1 fully saturated rings. The zero-order valence-electron chi connectivity index (χ0n) is 15.5. The zero-order valence-corrected chi connectivity index (χ0v) is 17.9. The van der Waals surface area contributed by atoms with Crippen LogP contribution in [0.4, 0.5) is 17.6 Å². The molecule has 2 rings (SSSR count). The summed E-state index contributed by atoms with van der Waals surface area (Å²) in [7, 11) is -3.39. The molecule has 1 N–H and O–H groups in total. The van der Waals surface area contributed by atoms with E-state index in [0.717, 1.165) is 13.1 Å². The summed E-state index contributed by atoms with van der Waals surface area (Å²) in [5.74, 6) is -5.95. The van der Waals surface area contributed by atoms with Crippen molar-refractivity contribution in [2.75, 3.05) is 7.05 Å². The Hall–Kier alpha value is -1.20. The molecule has 1 amide bonds. The number of benzene rings is 1. The van der Waals surface area contributed by atoms with Gasteiger partial charge in [-0.1, -0.05) is 13.8 Å². The SMILES string of the molecule is CC(C)C[C@H](C(=O)NC1CC(F)(F)C1)N(C)S(=O)(=O)c1cc(Br)c(F)cc1F. The molecule has 11 heteroatoms. The average molecular weight is 489 g/mol. The second-order valence-electron chi connectivity index (χ2n) is 7.33. The van der Waals surface area contributed by atoms with Gasteiger partial charge in [0.2, 0.25) is 15.9 Å². The van der Waals surface area contributed by atoms with Crippen molar-refractivity contribution < 1.29 is 30.8 Å². The number of hydrogen-bond donors (Lipinski definition) is 1. The van der Waals surface area contributed by atoms with Gasteiger partial charge in [-0.3, -0.25) is 4.79 Å². The summed E-state index contributed by atoms with van der Waals surface area (Å²) < 4.78 is 79.7. The Morgan fingerprint density at radius 3 is 2.36 bits per heavy atom. The van der Waals surface area contributed by atoms with Crippen LogP contribution in [0, 0.1) is 17.6 Å². The van der Waals surface area contributed by atoms with E-state index in [0.29, 0.717) is 10.4 Å². The predicted molar refractivity (Wildman–Crippen MR) is 98.4 cm³/mol. The second kappa shape index (κ2) is 8.27. The number of halogens is 5. The van der Waals surface area contributed by atoms with Crippen molar-refractivity contribution in [2.24, 2.45) is 5.92 Å². The first-order valence-corrected chi connectivity index (χ1v) is 10.8. The lowest BCUT2D eigenvalue weighted by Gasteiger charge is -2.37. The molecular formula is C17H21BrF4N2O3S. The summed E-state index contributed by atoms with van der Waals surface area (Å²) in [4.78, 5) is 11.8. The van der Waals surface area contributed by atoms with Crippen molar-refractivity contribution in [1.82, 2.24) is 9.62 Å². The summed E-state index contributed by atoms with van der Waals surface area (Å²) >= 11 is 2.81. The molecule has 0 unspecified atom stereocenters. The van der Waals surface area contributed by atoms with Crippen LogP contribution in [0.5, 0.6) is 0 Å². The molecule has 0 aliphatic heterocycles. The van der Waals surface area contributed by atoms with Crippen LogP contribution in [0.25, 0.3) is 0 Å². The molecule has 1 aromatic carbocycles. The summed E-state index contributed by atoms with van der Waals surface area (Å²) in [6.07, 6.45) is -0.930. The average Bonchev–Trinajstić information content (AvgIpc) is 2.53. The van der Waals surface area contributed by atoms with E-state index in [1.165, 1.54) is 0 Å². The van der Waals surface area contributed by atoms with Crippen LogP contribution in [0.2, 0.25) is 0 Å². The van der Waals surface area contributed by atoms with E-state index in [4.69, 9.17) is 0 Å². The Bertz CT molecular complexity index is 856. The van der Waals surface area contributed by atoms with Crippen LogP contribution in [-0.4, -0.2) is 43.7 Å². The molecule has 1 aliphatic rings. The summed E-state index contributed by atoms with van der Waals surface area (Å²) in [6, 6.07) is -0.765. The van der Waals surface area contributed by atoms with Gasteiger partial charge in [-0.25, -0.2) is 26.0 Å². The molecule has 1 aromatic rings. The minimum absolute atomic E-state index is 0.0919. The van der Waals surface area contributed by atoms with Crippen molar-refractivity contribution in [3.05, 3.63) is 28.2 Å². The zero-order chi connectivity index (χ0) is 21.4. The van der Waals surface area contributed by atoms with Crippen molar-refractivity contribution in [1.29, 1.82) is 0 Å². The van der Waals surface area contributed by atoms with Crippen LogP contribution < -0.4 is 5.32 Å².